The first-order chi connectivity index (χ1) is 15.4. The maximum absolute atomic E-state index is 10.3. The lowest BCUT2D eigenvalue weighted by molar-refractivity contribution is 0.0715. The molecule has 1 aliphatic rings. The van der Waals surface area contributed by atoms with Gasteiger partial charge in [-0.15, -0.1) is 11.6 Å². The Bertz CT molecular complexity index is 810. The zero-order valence-electron chi connectivity index (χ0n) is 18.9. The normalized spacial score (nSPS) is 17.0. The Morgan fingerprint density at radius 2 is 1.34 bits per heavy atom. The number of benzene rings is 2. The van der Waals surface area contributed by atoms with E-state index in [0.717, 1.165) is 35.9 Å². The van der Waals surface area contributed by atoms with Crippen molar-refractivity contribution in [2.45, 2.75) is 31.5 Å². The van der Waals surface area contributed by atoms with Gasteiger partial charge in [-0.05, 0) is 35.4 Å². The van der Waals surface area contributed by atoms with E-state index in [1.54, 1.807) is 0 Å². The molecule has 0 radical (unpaired) electrons. The van der Waals surface area contributed by atoms with Gasteiger partial charge in [0, 0.05) is 36.6 Å². The van der Waals surface area contributed by atoms with Crippen LogP contribution in [0.15, 0.2) is 48.5 Å². The summed E-state index contributed by atoms with van der Waals surface area (Å²) in [6.07, 6.45) is -1.15. The molecule has 1 saturated heterocycles. The third-order valence-corrected chi connectivity index (χ3v) is 7.09. The summed E-state index contributed by atoms with van der Waals surface area (Å²) in [7, 11) is 0. The highest BCUT2D eigenvalue weighted by atomic mass is 35.5. The van der Waals surface area contributed by atoms with E-state index in [1.807, 2.05) is 48.2 Å². The first-order valence-corrected chi connectivity index (χ1v) is 12.8. The molecule has 2 N–H and O–H groups in total. The van der Waals surface area contributed by atoms with Gasteiger partial charge in [0.05, 0.1) is 5.88 Å². The maximum atomic E-state index is 10.3. The number of thioether (sulfide) groups is 1. The van der Waals surface area contributed by atoms with E-state index < -0.39 is 12.2 Å². The van der Waals surface area contributed by atoms with Crippen LogP contribution < -0.4 is 9.47 Å². The number of hydrogen-bond acceptors (Lipinski definition) is 6. The van der Waals surface area contributed by atoms with Crippen LogP contribution >= 0.6 is 23.4 Å². The molecule has 0 bridgehead atoms. The Balaban J connectivity index is 1.53. The van der Waals surface area contributed by atoms with Crippen LogP contribution in [0.3, 0.4) is 0 Å². The molecule has 1 heterocycles. The molecule has 176 valence electrons. The minimum atomic E-state index is -0.668. The molecule has 5 nitrogen and oxygen atoms in total. The predicted molar refractivity (Wildman–Crippen MR) is 133 cm³/mol. The molecule has 32 heavy (non-hydrogen) atoms. The van der Waals surface area contributed by atoms with E-state index >= 15 is 0 Å². The second-order valence-electron chi connectivity index (χ2n) is 8.67. The minimum Gasteiger partial charge on any atom is -0.491 e. The Morgan fingerprint density at radius 3 is 1.81 bits per heavy atom. The Kier molecular flexibility index (Phi) is 9.56. The molecular formula is C25H34ClNO4S. The largest absolute Gasteiger partial charge is 0.491 e. The van der Waals surface area contributed by atoms with Crippen molar-refractivity contribution in [1.82, 2.24) is 4.90 Å². The van der Waals surface area contributed by atoms with E-state index in [1.165, 1.54) is 5.56 Å². The lowest BCUT2D eigenvalue weighted by Crippen LogP contribution is -2.40. The van der Waals surface area contributed by atoms with Crippen molar-refractivity contribution < 1.29 is 19.7 Å². The summed E-state index contributed by atoms with van der Waals surface area (Å²) < 4.78 is 11.4. The van der Waals surface area contributed by atoms with Crippen molar-refractivity contribution >= 4 is 23.4 Å². The van der Waals surface area contributed by atoms with E-state index in [9.17, 15) is 10.2 Å². The maximum Gasteiger partial charge on any atom is 0.119 e. The van der Waals surface area contributed by atoms with Crippen molar-refractivity contribution in [2.75, 3.05) is 50.2 Å². The zero-order valence-corrected chi connectivity index (χ0v) is 20.4. The SMILES string of the molecule is CC(C)(c1ccc(OC[C@H](O)CCl)cc1)c1ccc(OC[C@H](O)CN2CCSCC2)cc1. The molecule has 7 heteroatoms. The second kappa shape index (κ2) is 12.1. The lowest BCUT2D eigenvalue weighted by atomic mass is 9.78. The molecule has 0 unspecified atom stereocenters. The van der Waals surface area contributed by atoms with Crippen molar-refractivity contribution in [2.24, 2.45) is 0 Å². The molecule has 0 aromatic heterocycles. The number of alkyl halides is 1. The zero-order chi connectivity index (χ0) is 23.0. The smallest absolute Gasteiger partial charge is 0.119 e. The van der Waals surface area contributed by atoms with Crippen LogP contribution in [0.5, 0.6) is 11.5 Å². The summed E-state index contributed by atoms with van der Waals surface area (Å²) in [4.78, 5) is 2.30. The highest BCUT2D eigenvalue weighted by molar-refractivity contribution is 7.99. The van der Waals surface area contributed by atoms with Crippen LogP contribution in [-0.4, -0.2) is 77.6 Å². The first kappa shape index (κ1) is 25.2. The highest BCUT2D eigenvalue weighted by Crippen LogP contribution is 2.33. The molecule has 0 aliphatic carbocycles. The van der Waals surface area contributed by atoms with Crippen LogP contribution in [0.4, 0.5) is 0 Å². The summed E-state index contributed by atoms with van der Waals surface area (Å²) in [5.74, 6) is 3.90. The monoisotopic (exact) mass is 479 g/mol. The molecule has 2 aromatic rings. The van der Waals surface area contributed by atoms with Crippen molar-refractivity contribution in [3.05, 3.63) is 59.7 Å². The van der Waals surface area contributed by atoms with Gasteiger partial charge in [-0.1, -0.05) is 38.1 Å². The Labute approximate surface area is 200 Å². The van der Waals surface area contributed by atoms with Crippen molar-refractivity contribution in [3.8, 4) is 11.5 Å². The minimum absolute atomic E-state index is 0.154. The number of rotatable bonds is 11. The fourth-order valence-electron chi connectivity index (χ4n) is 3.67. The van der Waals surface area contributed by atoms with Crippen LogP contribution in [-0.2, 0) is 5.41 Å². The van der Waals surface area contributed by atoms with Gasteiger partial charge >= 0.3 is 0 Å². The number of halogens is 1. The Hall–Kier alpha value is -1.44. The number of ether oxygens (including phenoxy) is 2. The summed E-state index contributed by atoms with van der Waals surface area (Å²) in [6.45, 7) is 7.57. The molecule has 3 rings (SSSR count). The quantitative estimate of drug-likeness (QED) is 0.478. The third-order valence-electron chi connectivity index (χ3n) is 5.79. The number of β-amino-alcohol motifs (C(OH)–C–C–N with tert-alkyl or cyclic N) is 1. The Morgan fingerprint density at radius 1 is 0.875 bits per heavy atom. The van der Waals surface area contributed by atoms with Gasteiger partial charge < -0.3 is 19.7 Å². The average Bonchev–Trinajstić information content (AvgIpc) is 2.82. The predicted octanol–water partition coefficient (Wildman–Crippen LogP) is 3.78. The molecule has 2 atom stereocenters. The fraction of sp³-hybridized carbons (Fsp3) is 0.520. The summed E-state index contributed by atoms with van der Waals surface area (Å²) in [5.41, 5.74) is 2.13. The van der Waals surface area contributed by atoms with Crippen molar-refractivity contribution in [3.63, 3.8) is 0 Å². The molecule has 1 aliphatic heterocycles. The number of nitrogens with zero attached hydrogens (tertiary/aromatic N) is 1. The molecule has 1 fully saturated rings. The van der Waals surface area contributed by atoms with E-state index in [0.29, 0.717) is 18.9 Å². The van der Waals surface area contributed by atoms with Gasteiger partial charge in [-0.2, -0.15) is 11.8 Å². The average molecular weight is 480 g/mol. The van der Waals surface area contributed by atoms with Gasteiger partial charge in [-0.25, -0.2) is 0 Å². The van der Waals surface area contributed by atoms with Crippen LogP contribution in [0.2, 0.25) is 0 Å². The van der Waals surface area contributed by atoms with Crippen LogP contribution in [0.1, 0.15) is 25.0 Å². The van der Waals surface area contributed by atoms with E-state index in [2.05, 4.69) is 30.9 Å². The van der Waals surface area contributed by atoms with Crippen LogP contribution in [0, 0.1) is 0 Å². The van der Waals surface area contributed by atoms with Gasteiger partial charge in [0.1, 0.15) is 36.9 Å². The van der Waals surface area contributed by atoms with Crippen LogP contribution in [0.25, 0.3) is 0 Å². The van der Waals surface area contributed by atoms with Gasteiger partial charge in [0.2, 0.25) is 0 Å². The molecule has 0 amide bonds. The van der Waals surface area contributed by atoms with E-state index in [4.69, 9.17) is 21.1 Å². The topological polar surface area (TPSA) is 62.2 Å². The van der Waals surface area contributed by atoms with E-state index in [-0.39, 0.29) is 17.9 Å². The second-order valence-corrected chi connectivity index (χ2v) is 10.2. The standard InChI is InChI=1S/C25H34ClNO4S/c1-25(2,19-3-7-23(8-4-19)30-17-21(28)15-26)20-5-9-24(10-6-20)31-18-22(29)16-27-11-13-32-14-12-27/h3-10,21-22,28-29H,11-18H2,1-2H3/t21-,22-/m1/s1. The lowest BCUT2D eigenvalue weighted by Gasteiger charge is -2.28. The number of aliphatic hydroxyl groups excluding tert-OH is 2. The van der Waals surface area contributed by atoms with Gasteiger partial charge in [0.15, 0.2) is 0 Å². The fourth-order valence-corrected chi connectivity index (χ4v) is 4.73. The number of aliphatic hydroxyl groups is 2. The van der Waals surface area contributed by atoms with Gasteiger partial charge in [-0.3, -0.25) is 4.90 Å². The molecule has 0 spiro atoms. The summed E-state index contributed by atoms with van der Waals surface area (Å²) >= 11 is 7.57. The number of hydrogen-bond donors (Lipinski definition) is 2. The summed E-state index contributed by atoms with van der Waals surface area (Å²) in [5, 5.41) is 19.8. The third kappa shape index (κ3) is 7.29. The highest BCUT2D eigenvalue weighted by Gasteiger charge is 2.23. The first-order valence-electron chi connectivity index (χ1n) is 11.1. The molecule has 2 aromatic carbocycles. The van der Waals surface area contributed by atoms with Gasteiger partial charge in [0.25, 0.3) is 0 Å². The molecule has 0 saturated carbocycles. The summed E-state index contributed by atoms with van der Waals surface area (Å²) in [6, 6.07) is 16.0. The molecular weight excluding hydrogens is 446 g/mol. The van der Waals surface area contributed by atoms with Crippen molar-refractivity contribution in [1.29, 1.82) is 0 Å².